The second-order valence-electron chi connectivity index (χ2n) is 2.58. The minimum atomic E-state index is -0.390. The Morgan fingerprint density at radius 2 is 2.42 bits per heavy atom. The van der Waals surface area contributed by atoms with Crippen molar-refractivity contribution >= 4 is 0 Å². The number of terminal acetylenes is 1. The lowest BCUT2D eigenvalue weighted by atomic mass is 10.2. The second-order valence-corrected chi connectivity index (χ2v) is 2.58. The molecule has 1 N–H and O–H groups in total. The van der Waals surface area contributed by atoms with Crippen molar-refractivity contribution in [3.8, 4) is 12.3 Å². The molecule has 0 aliphatic heterocycles. The number of ether oxygens (including phenoxy) is 1. The van der Waals surface area contributed by atoms with E-state index in [1.807, 2.05) is 0 Å². The van der Waals surface area contributed by atoms with E-state index in [2.05, 4.69) is 12.5 Å². The molecule has 0 aliphatic carbocycles. The van der Waals surface area contributed by atoms with Crippen LogP contribution in [-0.4, -0.2) is 24.4 Å². The molecule has 0 radical (unpaired) electrons. The van der Waals surface area contributed by atoms with Gasteiger partial charge in [0, 0.05) is 6.42 Å². The maximum atomic E-state index is 9.27. The Bertz CT molecular complexity index is 146. The molecule has 0 aromatic rings. The fraction of sp³-hybridized carbons (Fsp3) is 0.600. The highest BCUT2D eigenvalue weighted by Gasteiger charge is 2.01. The third-order valence-electron chi connectivity index (χ3n) is 1.40. The number of hydrogen-bond donors (Lipinski definition) is 1. The van der Waals surface area contributed by atoms with Crippen molar-refractivity contribution in [3.05, 3.63) is 12.7 Å². The minimum absolute atomic E-state index is 0.372. The first-order valence-corrected chi connectivity index (χ1v) is 4.11. The molecule has 1 unspecified atom stereocenters. The normalized spacial score (nSPS) is 12.0. The zero-order chi connectivity index (χ0) is 9.23. The number of unbranched alkanes of at least 4 members (excludes halogenated alkanes) is 1. The Labute approximate surface area is 74.2 Å². The van der Waals surface area contributed by atoms with E-state index in [1.54, 1.807) is 6.08 Å². The number of aliphatic hydroxyl groups is 1. The van der Waals surface area contributed by atoms with Gasteiger partial charge in [0.2, 0.25) is 0 Å². The zero-order valence-corrected chi connectivity index (χ0v) is 7.33. The average molecular weight is 168 g/mol. The summed E-state index contributed by atoms with van der Waals surface area (Å²) in [4.78, 5) is 0. The summed E-state index contributed by atoms with van der Waals surface area (Å²) in [6, 6.07) is 0. The molecule has 0 saturated carbocycles. The van der Waals surface area contributed by atoms with E-state index in [0.29, 0.717) is 19.6 Å². The molecule has 0 spiro atoms. The molecular weight excluding hydrogens is 152 g/mol. The van der Waals surface area contributed by atoms with Crippen LogP contribution in [0.4, 0.5) is 0 Å². The van der Waals surface area contributed by atoms with E-state index in [1.165, 1.54) is 0 Å². The SMILES string of the molecule is C#CCCCC(O)COCC=C. The molecule has 0 saturated heterocycles. The van der Waals surface area contributed by atoms with E-state index in [-0.39, 0.29) is 0 Å². The smallest absolute Gasteiger partial charge is 0.0774 e. The van der Waals surface area contributed by atoms with Crippen molar-refractivity contribution in [3.63, 3.8) is 0 Å². The van der Waals surface area contributed by atoms with Gasteiger partial charge in [-0.25, -0.2) is 0 Å². The van der Waals surface area contributed by atoms with E-state index >= 15 is 0 Å². The molecule has 0 heterocycles. The maximum absolute atomic E-state index is 9.27. The highest BCUT2D eigenvalue weighted by Crippen LogP contribution is 2.00. The summed E-state index contributed by atoms with van der Waals surface area (Å²) in [7, 11) is 0. The first-order valence-electron chi connectivity index (χ1n) is 4.11. The van der Waals surface area contributed by atoms with Crippen molar-refractivity contribution in [2.45, 2.75) is 25.4 Å². The summed E-state index contributed by atoms with van der Waals surface area (Å²) >= 11 is 0. The molecule has 0 bridgehead atoms. The summed E-state index contributed by atoms with van der Waals surface area (Å²) < 4.78 is 5.06. The molecule has 0 amide bonds. The van der Waals surface area contributed by atoms with Crippen LogP contribution >= 0.6 is 0 Å². The predicted octanol–water partition coefficient (Wildman–Crippen LogP) is 1.35. The molecule has 2 heteroatoms. The Morgan fingerprint density at radius 3 is 3.00 bits per heavy atom. The predicted molar refractivity (Wildman–Crippen MR) is 49.7 cm³/mol. The molecule has 0 aromatic carbocycles. The van der Waals surface area contributed by atoms with Crippen LogP contribution in [-0.2, 0) is 4.74 Å². The van der Waals surface area contributed by atoms with Crippen molar-refractivity contribution in [1.29, 1.82) is 0 Å². The fourth-order valence-electron chi connectivity index (χ4n) is 0.810. The molecule has 0 aromatic heterocycles. The molecule has 0 aliphatic rings. The summed E-state index contributed by atoms with van der Waals surface area (Å²) in [6.07, 6.45) is 8.62. The van der Waals surface area contributed by atoms with Crippen LogP contribution in [0.5, 0.6) is 0 Å². The van der Waals surface area contributed by atoms with E-state index < -0.39 is 6.10 Å². The minimum Gasteiger partial charge on any atom is -0.391 e. The van der Waals surface area contributed by atoms with Gasteiger partial charge in [-0.2, -0.15) is 0 Å². The van der Waals surface area contributed by atoms with Gasteiger partial charge in [0.05, 0.1) is 19.3 Å². The van der Waals surface area contributed by atoms with Crippen LogP contribution in [0.15, 0.2) is 12.7 Å². The van der Waals surface area contributed by atoms with Crippen molar-refractivity contribution in [2.75, 3.05) is 13.2 Å². The van der Waals surface area contributed by atoms with Crippen molar-refractivity contribution < 1.29 is 9.84 Å². The molecule has 12 heavy (non-hydrogen) atoms. The van der Waals surface area contributed by atoms with Gasteiger partial charge >= 0.3 is 0 Å². The van der Waals surface area contributed by atoms with Gasteiger partial charge in [-0.1, -0.05) is 6.08 Å². The van der Waals surface area contributed by atoms with Gasteiger partial charge in [0.25, 0.3) is 0 Å². The van der Waals surface area contributed by atoms with E-state index in [4.69, 9.17) is 11.2 Å². The molecule has 1 atom stereocenters. The first-order chi connectivity index (χ1) is 5.81. The van der Waals surface area contributed by atoms with Gasteiger partial charge in [-0.05, 0) is 12.8 Å². The highest BCUT2D eigenvalue weighted by atomic mass is 16.5. The molecule has 0 rings (SSSR count). The standard InChI is InChI=1S/C10H16O2/c1-3-5-6-7-10(11)9-12-8-4-2/h1,4,10-11H,2,5-9H2. The Balaban J connectivity index is 3.16. The summed E-state index contributed by atoms with van der Waals surface area (Å²) in [5, 5.41) is 9.27. The molecule has 0 fully saturated rings. The van der Waals surface area contributed by atoms with E-state index in [0.717, 1.165) is 12.8 Å². The summed E-state index contributed by atoms with van der Waals surface area (Å²) in [5.74, 6) is 2.52. The monoisotopic (exact) mass is 168 g/mol. The third kappa shape index (κ3) is 7.33. The van der Waals surface area contributed by atoms with Gasteiger partial charge in [-0.15, -0.1) is 18.9 Å². The Morgan fingerprint density at radius 1 is 1.67 bits per heavy atom. The lowest BCUT2D eigenvalue weighted by Gasteiger charge is -2.08. The lowest BCUT2D eigenvalue weighted by molar-refractivity contribution is 0.0438. The number of hydrogen-bond acceptors (Lipinski definition) is 2. The molecular formula is C10H16O2. The number of aliphatic hydroxyl groups excluding tert-OH is 1. The third-order valence-corrected chi connectivity index (χ3v) is 1.40. The van der Waals surface area contributed by atoms with Gasteiger partial charge < -0.3 is 9.84 Å². The first kappa shape index (κ1) is 11.2. The zero-order valence-electron chi connectivity index (χ0n) is 7.33. The average Bonchev–Trinajstić information content (AvgIpc) is 2.06. The maximum Gasteiger partial charge on any atom is 0.0774 e. The van der Waals surface area contributed by atoms with Crippen LogP contribution < -0.4 is 0 Å². The van der Waals surface area contributed by atoms with Gasteiger partial charge in [-0.3, -0.25) is 0 Å². The largest absolute Gasteiger partial charge is 0.391 e. The van der Waals surface area contributed by atoms with Crippen molar-refractivity contribution in [1.82, 2.24) is 0 Å². The quantitative estimate of drug-likeness (QED) is 0.353. The van der Waals surface area contributed by atoms with Gasteiger partial charge in [0.1, 0.15) is 0 Å². The van der Waals surface area contributed by atoms with Crippen molar-refractivity contribution in [2.24, 2.45) is 0 Å². The Kier molecular flexibility index (Phi) is 7.78. The fourth-order valence-corrected chi connectivity index (χ4v) is 0.810. The van der Waals surface area contributed by atoms with Crippen LogP contribution in [0.25, 0.3) is 0 Å². The highest BCUT2D eigenvalue weighted by molar-refractivity contribution is 4.83. The summed E-state index contributed by atoms with van der Waals surface area (Å²) in [6.45, 7) is 4.36. The summed E-state index contributed by atoms with van der Waals surface area (Å²) in [5.41, 5.74) is 0. The van der Waals surface area contributed by atoms with E-state index in [9.17, 15) is 5.11 Å². The van der Waals surface area contributed by atoms with Gasteiger partial charge in [0.15, 0.2) is 0 Å². The van der Waals surface area contributed by atoms with Crippen LogP contribution in [0.1, 0.15) is 19.3 Å². The van der Waals surface area contributed by atoms with Crippen LogP contribution in [0, 0.1) is 12.3 Å². The lowest BCUT2D eigenvalue weighted by Crippen LogP contribution is -2.14. The second kappa shape index (κ2) is 8.32. The van der Waals surface area contributed by atoms with Crippen LogP contribution in [0.3, 0.4) is 0 Å². The molecule has 2 nitrogen and oxygen atoms in total. The van der Waals surface area contributed by atoms with Crippen LogP contribution in [0.2, 0.25) is 0 Å². The Hall–Kier alpha value is -0.780. The topological polar surface area (TPSA) is 29.5 Å². The molecule has 68 valence electrons. The number of rotatable bonds is 7.